The maximum atomic E-state index is 5.53. The number of imidazole rings is 1. The number of nitrogen functional groups attached to an aromatic ring is 2. The fourth-order valence-corrected chi connectivity index (χ4v) is 1.59. The van der Waals surface area contributed by atoms with Gasteiger partial charge in [-0.05, 0) is 12.1 Å². The molecule has 0 fully saturated rings. The summed E-state index contributed by atoms with van der Waals surface area (Å²) in [5.74, 6) is 0.669. The first-order valence-electron chi connectivity index (χ1n) is 4.91. The molecule has 3 rings (SSSR count). The van der Waals surface area contributed by atoms with E-state index in [1.54, 1.807) is 12.5 Å². The van der Waals surface area contributed by atoms with Crippen molar-refractivity contribution in [1.82, 2.24) is 24.3 Å². The SMILES string of the molecule is Nc1nc(N)nc(-c2ccc3cncn3c2)n1. The van der Waals surface area contributed by atoms with E-state index in [1.165, 1.54) is 0 Å². The van der Waals surface area contributed by atoms with E-state index in [9.17, 15) is 0 Å². The second-order valence-corrected chi connectivity index (χ2v) is 3.52. The highest BCUT2D eigenvalue weighted by Crippen LogP contribution is 2.17. The van der Waals surface area contributed by atoms with Crippen molar-refractivity contribution in [2.24, 2.45) is 0 Å². The normalized spacial score (nSPS) is 10.8. The van der Waals surface area contributed by atoms with Crippen molar-refractivity contribution in [3.8, 4) is 11.4 Å². The molecule has 0 amide bonds. The summed E-state index contributed by atoms with van der Waals surface area (Å²) in [7, 11) is 0. The van der Waals surface area contributed by atoms with Gasteiger partial charge in [0.1, 0.15) is 0 Å². The molecule has 3 heterocycles. The molecule has 0 aromatic carbocycles. The maximum Gasteiger partial charge on any atom is 0.225 e. The van der Waals surface area contributed by atoms with Gasteiger partial charge < -0.3 is 15.9 Å². The van der Waals surface area contributed by atoms with Gasteiger partial charge in [0, 0.05) is 11.8 Å². The van der Waals surface area contributed by atoms with Gasteiger partial charge in [-0.3, -0.25) is 0 Å². The van der Waals surface area contributed by atoms with Crippen molar-refractivity contribution in [2.75, 3.05) is 11.5 Å². The lowest BCUT2D eigenvalue weighted by atomic mass is 10.2. The number of anilines is 2. The minimum atomic E-state index is 0.109. The largest absolute Gasteiger partial charge is 0.368 e. The Morgan fingerprint density at radius 2 is 1.76 bits per heavy atom. The zero-order valence-corrected chi connectivity index (χ0v) is 8.78. The van der Waals surface area contributed by atoms with Gasteiger partial charge in [0.2, 0.25) is 11.9 Å². The van der Waals surface area contributed by atoms with E-state index in [0.717, 1.165) is 11.1 Å². The van der Waals surface area contributed by atoms with E-state index >= 15 is 0 Å². The second kappa shape index (κ2) is 3.41. The van der Waals surface area contributed by atoms with E-state index in [0.29, 0.717) is 5.82 Å². The van der Waals surface area contributed by atoms with Crippen LogP contribution in [0.15, 0.2) is 30.9 Å². The number of hydrogen-bond donors (Lipinski definition) is 2. The molecule has 0 radical (unpaired) electrons. The Bertz CT molecular complexity index is 668. The van der Waals surface area contributed by atoms with Crippen molar-refractivity contribution < 1.29 is 0 Å². The van der Waals surface area contributed by atoms with Crippen LogP contribution in [0.25, 0.3) is 16.9 Å². The summed E-state index contributed by atoms with van der Waals surface area (Å²) in [4.78, 5) is 15.8. The number of fused-ring (bicyclic) bond motifs is 1. The van der Waals surface area contributed by atoms with E-state index in [1.807, 2.05) is 22.7 Å². The highest BCUT2D eigenvalue weighted by molar-refractivity contribution is 5.60. The fraction of sp³-hybridized carbons (Fsp3) is 0. The minimum Gasteiger partial charge on any atom is -0.368 e. The summed E-state index contributed by atoms with van der Waals surface area (Å²) < 4.78 is 1.87. The molecule has 3 aromatic heterocycles. The van der Waals surface area contributed by atoms with Crippen molar-refractivity contribution in [2.45, 2.75) is 0 Å². The minimum absolute atomic E-state index is 0.109. The molecule has 4 N–H and O–H groups in total. The number of hydrogen-bond acceptors (Lipinski definition) is 6. The van der Waals surface area contributed by atoms with Gasteiger partial charge in [0.15, 0.2) is 5.82 Å². The lowest BCUT2D eigenvalue weighted by Gasteiger charge is -2.02. The first kappa shape index (κ1) is 9.52. The molecule has 0 unspecified atom stereocenters. The third-order valence-corrected chi connectivity index (χ3v) is 2.34. The maximum absolute atomic E-state index is 5.53. The summed E-state index contributed by atoms with van der Waals surface area (Å²) in [5.41, 5.74) is 12.8. The molecule has 7 heteroatoms. The van der Waals surface area contributed by atoms with Crippen molar-refractivity contribution in [3.05, 3.63) is 30.9 Å². The van der Waals surface area contributed by atoms with Crippen LogP contribution in [0.1, 0.15) is 0 Å². The Hall–Kier alpha value is -2.70. The van der Waals surface area contributed by atoms with Crippen LogP contribution < -0.4 is 11.5 Å². The first-order chi connectivity index (χ1) is 8.22. The topological polar surface area (TPSA) is 108 Å². The molecular weight excluding hydrogens is 218 g/mol. The molecule has 0 atom stereocenters. The Morgan fingerprint density at radius 1 is 1.00 bits per heavy atom. The van der Waals surface area contributed by atoms with E-state index in [-0.39, 0.29) is 11.9 Å². The Balaban J connectivity index is 2.19. The Kier molecular flexibility index (Phi) is 1.91. The molecule has 17 heavy (non-hydrogen) atoms. The molecule has 0 spiro atoms. The quantitative estimate of drug-likeness (QED) is 0.621. The number of pyridine rings is 1. The van der Waals surface area contributed by atoms with Crippen LogP contribution in [0, 0.1) is 0 Å². The molecule has 0 aliphatic carbocycles. The predicted octanol–water partition coefficient (Wildman–Crippen LogP) is 0.351. The zero-order chi connectivity index (χ0) is 11.8. The van der Waals surface area contributed by atoms with Crippen LogP contribution in [0.5, 0.6) is 0 Å². The number of nitrogens with zero attached hydrogens (tertiary/aromatic N) is 5. The van der Waals surface area contributed by atoms with Crippen LogP contribution in [-0.2, 0) is 0 Å². The zero-order valence-electron chi connectivity index (χ0n) is 8.78. The van der Waals surface area contributed by atoms with Gasteiger partial charge in [-0.15, -0.1) is 0 Å². The second-order valence-electron chi connectivity index (χ2n) is 3.52. The van der Waals surface area contributed by atoms with E-state index in [4.69, 9.17) is 11.5 Å². The standard InChI is InChI=1S/C10H9N7/c11-9-14-8(15-10(12)16-9)6-1-2-7-3-13-5-17(7)4-6/h1-5H,(H4,11,12,14,15,16). The fourth-order valence-electron chi connectivity index (χ4n) is 1.59. The Labute approximate surface area is 96.2 Å². The van der Waals surface area contributed by atoms with Gasteiger partial charge >= 0.3 is 0 Å². The van der Waals surface area contributed by atoms with Crippen molar-refractivity contribution in [1.29, 1.82) is 0 Å². The van der Waals surface area contributed by atoms with Gasteiger partial charge in [-0.1, -0.05) is 0 Å². The molecule has 84 valence electrons. The smallest absolute Gasteiger partial charge is 0.225 e. The van der Waals surface area contributed by atoms with Crippen molar-refractivity contribution in [3.63, 3.8) is 0 Å². The lowest BCUT2D eigenvalue weighted by molar-refractivity contribution is 1.07. The van der Waals surface area contributed by atoms with Crippen LogP contribution in [-0.4, -0.2) is 24.3 Å². The highest BCUT2D eigenvalue weighted by atomic mass is 15.1. The molecular formula is C10H9N7. The summed E-state index contributed by atoms with van der Waals surface area (Å²) in [5, 5.41) is 0. The monoisotopic (exact) mass is 227 g/mol. The van der Waals surface area contributed by atoms with Gasteiger partial charge in [0.05, 0.1) is 18.0 Å². The number of nitrogens with two attached hydrogens (primary N) is 2. The molecule has 0 saturated heterocycles. The van der Waals surface area contributed by atoms with Crippen LogP contribution in [0.3, 0.4) is 0 Å². The highest BCUT2D eigenvalue weighted by Gasteiger charge is 2.05. The first-order valence-corrected chi connectivity index (χ1v) is 4.91. The lowest BCUT2D eigenvalue weighted by Crippen LogP contribution is -2.04. The van der Waals surface area contributed by atoms with Gasteiger partial charge in [-0.2, -0.15) is 15.0 Å². The van der Waals surface area contributed by atoms with Gasteiger partial charge in [0.25, 0.3) is 0 Å². The Morgan fingerprint density at radius 3 is 2.53 bits per heavy atom. The average Bonchev–Trinajstić information content (AvgIpc) is 2.74. The van der Waals surface area contributed by atoms with Crippen LogP contribution >= 0.6 is 0 Å². The van der Waals surface area contributed by atoms with E-state index < -0.39 is 0 Å². The van der Waals surface area contributed by atoms with E-state index in [2.05, 4.69) is 19.9 Å². The molecule has 7 nitrogen and oxygen atoms in total. The summed E-state index contributed by atoms with van der Waals surface area (Å²) in [6.45, 7) is 0. The molecule has 0 saturated carbocycles. The summed E-state index contributed by atoms with van der Waals surface area (Å²) in [6, 6.07) is 3.80. The van der Waals surface area contributed by atoms with Crippen LogP contribution in [0.4, 0.5) is 11.9 Å². The third-order valence-electron chi connectivity index (χ3n) is 2.34. The van der Waals surface area contributed by atoms with Crippen LogP contribution in [0.2, 0.25) is 0 Å². The summed E-state index contributed by atoms with van der Waals surface area (Å²) in [6.07, 6.45) is 5.32. The molecule has 0 bridgehead atoms. The number of aromatic nitrogens is 5. The molecule has 3 aromatic rings. The third kappa shape index (κ3) is 1.63. The van der Waals surface area contributed by atoms with Gasteiger partial charge in [-0.25, -0.2) is 4.98 Å². The number of rotatable bonds is 1. The predicted molar refractivity (Wildman–Crippen MR) is 62.8 cm³/mol. The van der Waals surface area contributed by atoms with Crippen molar-refractivity contribution >= 4 is 17.4 Å². The molecule has 0 aliphatic rings. The average molecular weight is 227 g/mol. The summed E-state index contributed by atoms with van der Waals surface area (Å²) >= 11 is 0. The molecule has 0 aliphatic heterocycles.